The molecule has 1 aromatic carbocycles. The number of carbonyl (C=O) groups is 2. The Hall–Kier alpha value is -2.28. The summed E-state index contributed by atoms with van der Waals surface area (Å²) in [5.41, 5.74) is 1.59. The highest BCUT2D eigenvalue weighted by molar-refractivity contribution is 5.89. The first kappa shape index (κ1) is 19.1. The van der Waals surface area contributed by atoms with Gasteiger partial charge in [0.25, 0.3) is 0 Å². The maximum absolute atomic E-state index is 12.2. The number of nitrogens with zero attached hydrogens (tertiary/aromatic N) is 1. The van der Waals surface area contributed by atoms with E-state index in [4.69, 9.17) is 14.6 Å². The van der Waals surface area contributed by atoms with Crippen molar-refractivity contribution in [2.75, 3.05) is 32.1 Å². The summed E-state index contributed by atoms with van der Waals surface area (Å²) in [6.07, 6.45) is 1.92. The predicted octanol–water partition coefficient (Wildman–Crippen LogP) is 2.74. The van der Waals surface area contributed by atoms with Crippen molar-refractivity contribution in [2.45, 2.75) is 32.8 Å². The van der Waals surface area contributed by atoms with Crippen LogP contribution in [0.25, 0.3) is 0 Å². The Bertz CT molecular complexity index is 613. The predicted molar refractivity (Wildman–Crippen MR) is 94.1 cm³/mol. The number of benzene rings is 1. The van der Waals surface area contributed by atoms with Crippen LogP contribution in [0.1, 0.15) is 25.3 Å². The van der Waals surface area contributed by atoms with E-state index in [-0.39, 0.29) is 18.7 Å². The summed E-state index contributed by atoms with van der Waals surface area (Å²) in [5, 5.41) is 11.7. The van der Waals surface area contributed by atoms with Crippen molar-refractivity contribution in [3.63, 3.8) is 0 Å². The summed E-state index contributed by atoms with van der Waals surface area (Å²) in [4.78, 5) is 24.4. The molecule has 2 amide bonds. The van der Waals surface area contributed by atoms with Crippen LogP contribution < -0.4 is 10.1 Å². The van der Waals surface area contributed by atoms with Gasteiger partial charge in [-0.3, -0.25) is 4.79 Å². The van der Waals surface area contributed by atoms with E-state index in [9.17, 15) is 9.59 Å². The molecule has 7 heteroatoms. The van der Waals surface area contributed by atoms with Crippen molar-refractivity contribution in [2.24, 2.45) is 5.92 Å². The Morgan fingerprint density at radius 3 is 2.68 bits per heavy atom. The monoisotopic (exact) mass is 350 g/mol. The molecule has 1 saturated heterocycles. The third-order valence-electron chi connectivity index (χ3n) is 4.20. The number of aryl methyl sites for hydroxylation is 1. The number of carboxylic acid groups (broad SMARTS) is 1. The lowest BCUT2D eigenvalue weighted by Crippen LogP contribution is -2.36. The van der Waals surface area contributed by atoms with E-state index >= 15 is 0 Å². The highest BCUT2D eigenvalue weighted by Crippen LogP contribution is 2.25. The highest BCUT2D eigenvalue weighted by atomic mass is 16.5. The van der Waals surface area contributed by atoms with Crippen LogP contribution in [0.4, 0.5) is 10.5 Å². The third kappa shape index (κ3) is 5.63. The van der Waals surface area contributed by atoms with Gasteiger partial charge >= 0.3 is 12.0 Å². The number of nitrogens with one attached hydrogen (secondary N) is 1. The molecular weight excluding hydrogens is 324 g/mol. The molecule has 0 bridgehead atoms. The maximum Gasteiger partial charge on any atom is 0.321 e. The fraction of sp³-hybridized carbons (Fsp3) is 0.556. The van der Waals surface area contributed by atoms with Crippen LogP contribution in [-0.4, -0.2) is 54.9 Å². The van der Waals surface area contributed by atoms with E-state index in [1.54, 1.807) is 20.0 Å². The number of carbonyl (C=O) groups excluding carboxylic acids is 1. The lowest BCUT2D eigenvalue weighted by Gasteiger charge is -2.24. The molecular formula is C18H26N2O5. The van der Waals surface area contributed by atoms with E-state index < -0.39 is 11.9 Å². The zero-order valence-corrected chi connectivity index (χ0v) is 14.9. The van der Waals surface area contributed by atoms with Crippen LogP contribution >= 0.6 is 0 Å². The van der Waals surface area contributed by atoms with E-state index in [2.05, 4.69) is 5.32 Å². The molecule has 1 aliphatic heterocycles. The smallest absolute Gasteiger partial charge is 0.321 e. The second kappa shape index (κ2) is 8.71. The lowest BCUT2D eigenvalue weighted by molar-refractivity contribution is -0.141. The molecule has 1 heterocycles. The number of amides is 2. The number of aliphatic carboxylic acids is 1. The van der Waals surface area contributed by atoms with Crippen LogP contribution in [0.15, 0.2) is 18.2 Å². The van der Waals surface area contributed by atoms with Gasteiger partial charge in [0.2, 0.25) is 0 Å². The molecule has 25 heavy (non-hydrogen) atoms. The zero-order chi connectivity index (χ0) is 18.4. The summed E-state index contributed by atoms with van der Waals surface area (Å²) in [6.45, 7) is 5.09. The van der Waals surface area contributed by atoms with Crippen molar-refractivity contribution < 1.29 is 24.2 Å². The number of rotatable bonds is 6. The first-order valence-electron chi connectivity index (χ1n) is 8.46. The zero-order valence-electron chi connectivity index (χ0n) is 14.9. The number of hydrogen-bond donors (Lipinski definition) is 2. The minimum atomic E-state index is -0.926. The Balaban J connectivity index is 1.92. The molecule has 2 rings (SSSR count). The topological polar surface area (TPSA) is 88.1 Å². The number of hydrogen-bond acceptors (Lipinski definition) is 4. The van der Waals surface area contributed by atoms with Gasteiger partial charge in [-0.2, -0.15) is 0 Å². The summed E-state index contributed by atoms with van der Waals surface area (Å²) < 4.78 is 11.3. The minimum absolute atomic E-state index is 0.144. The van der Waals surface area contributed by atoms with Crippen LogP contribution in [0, 0.1) is 12.8 Å². The molecule has 0 aromatic heterocycles. The number of ether oxygens (including phenoxy) is 2. The van der Waals surface area contributed by atoms with E-state index in [1.165, 1.54) is 4.90 Å². The van der Waals surface area contributed by atoms with Gasteiger partial charge in [-0.25, -0.2) is 4.79 Å². The second-order valence-electron chi connectivity index (χ2n) is 6.46. The van der Waals surface area contributed by atoms with Crippen molar-refractivity contribution in [1.82, 2.24) is 4.90 Å². The molecule has 2 N–H and O–H groups in total. The fourth-order valence-electron chi connectivity index (χ4n) is 2.62. The largest absolute Gasteiger partial charge is 0.490 e. The van der Waals surface area contributed by atoms with Gasteiger partial charge in [0.05, 0.1) is 19.1 Å². The molecule has 1 atom stereocenters. The van der Waals surface area contributed by atoms with Crippen molar-refractivity contribution in [3.05, 3.63) is 23.8 Å². The fourth-order valence-corrected chi connectivity index (χ4v) is 2.62. The first-order chi connectivity index (χ1) is 11.9. The average molecular weight is 350 g/mol. The van der Waals surface area contributed by atoms with Crippen LogP contribution in [0.5, 0.6) is 5.75 Å². The highest BCUT2D eigenvalue weighted by Gasteiger charge is 2.18. The minimum Gasteiger partial charge on any atom is -0.490 e. The van der Waals surface area contributed by atoms with Gasteiger partial charge in [0.1, 0.15) is 11.9 Å². The summed E-state index contributed by atoms with van der Waals surface area (Å²) in [6, 6.07) is 5.14. The average Bonchev–Trinajstić information content (AvgIpc) is 2.58. The van der Waals surface area contributed by atoms with Crippen LogP contribution in [0.2, 0.25) is 0 Å². The molecule has 138 valence electrons. The Kier molecular flexibility index (Phi) is 6.64. The van der Waals surface area contributed by atoms with Gasteiger partial charge < -0.3 is 24.8 Å². The summed E-state index contributed by atoms with van der Waals surface area (Å²) in [7, 11) is 1.57. The van der Waals surface area contributed by atoms with E-state index in [0.29, 0.717) is 5.69 Å². The first-order valence-corrected chi connectivity index (χ1v) is 8.46. The summed E-state index contributed by atoms with van der Waals surface area (Å²) in [5.74, 6) is -0.740. The molecule has 0 radical (unpaired) electrons. The molecule has 0 spiro atoms. The molecule has 1 aromatic rings. The second-order valence-corrected chi connectivity index (χ2v) is 6.46. The SMILES string of the molecule is Cc1cc(NC(=O)N(C)CC(C)C(=O)O)ccc1OC1CCOCC1. The van der Waals surface area contributed by atoms with E-state index in [1.807, 2.05) is 19.1 Å². The molecule has 7 nitrogen and oxygen atoms in total. The van der Waals surface area contributed by atoms with Gasteiger partial charge in [-0.1, -0.05) is 6.92 Å². The molecule has 1 fully saturated rings. The van der Waals surface area contributed by atoms with Crippen molar-refractivity contribution >= 4 is 17.7 Å². The Labute approximate surface area is 147 Å². The molecule has 1 aliphatic rings. The molecule has 1 unspecified atom stereocenters. The van der Waals surface area contributed by atoms with Crippen molar-refractivity contribution in [3.8, 4) is 5.75 Å². The third-order valence-corrected chi connectivity index (χ3v) is 4.20. The van der Waals surface area contributed by atoms with Gasteiger partial charge in [0.15, 0.2) is 0 Å². The lowest BCUT2D eigenvalue weighted by atomic mass is 10.1. The number of carboxylic acids is 1. The van der Waals surface area contributed by atoms with Gasteiger partial charge in [-0.15, -0.1) is 0 Å². The number of anilines is 1. The van der Waals surface area contributed by atoms with Gasteiger partial charge in [0, 0.05) is 32.1 Å². The van der Waals surface area contributed by atoms with Crippen molar-refractivity contribution in [1.29, 1.82) is 0 Å². The van der Waals surface area contributed by atoms with Crippen LogP contribution in [0.3, 0.4) is 0 Å². The standard InChI is InChI=1S/C18H26N2O5/c1-12-10-14(19-18(23)20(3)11-13(2)17(21)22)4-5-16(12)25-15-6-8-24-9-7-15/h4-5,10,13,15H,6-9,11H2,1-3H3,(H,19,23)(H,21,22). The Morgan fingerprint density at radius 1 is 1.40 bits per heavy atom. The quantitative estimate of drug-likeness (QED) is 0.823. The van der Waals surface area contributed by atoms with Gasteiger partial charge in [-0.05, 0) is 30.7 Å². The van der Waals surface area contributed by atoms with E-state index in [0.717, 1.165) is 37.4 Å². The Morgan fingerprint density at radius 2 is 2.08 bits per heavy atom. The van der Waals surface area contributed by atoms with Crippen LogP contribution in [-0.2, 0) is 9.53 Å². The molecule has 0 saturated carbocycles. The maximum atomic E-state index is 12.2. The normalized spacial score (nSPS) is 16.1. The summed E-state index contributed by atoms with van der Waals surface area (Å²) >= 11 is 0. The molecule has 0 aliphatic carbocycles. The number of urea groups is 1.